The number of hydrogen-bond acceptors (Lipinski definition) is 7. The quantitative estimate of drug-likeness (QED) is 0.643. The number of anilines is 1. The fourth-order valence-electron chi connectivity index (χ4n) is 2.99. The van der Waals surface area contributed by atoms with Crippen LogP contribution in [0.15, 0.2) is 50.9 Å². The van der Waals surface area contributed by atoms with Crippen LogP contribution in [0.4, 0.5) is 5.69 Å². The minimum Gasteiger partial charge on any atom is -0.325 e. The lowest BCUT2D eigenvalue weighted by molar-refractivity contribution is -0.117. The van der Waals surface area contributed by atoms with Gasteiger partial charge in [0.15, 0.2) is 0 Å². The third-order valence-electron chi connectivity index (χ3n) is 4.70. The topological polar surface area (TPSA) is 107 Å². The van der Waals surface area contributed by atoms with Crippen LogP contribution in [0.1, 0.15) is 0 Å². The Morgan fingerprint density at radius 1 is 1.03 bits per heavy atom. The van der Waals surface area contributed by atoms with E-state index in [9.17, 15) is 21.6 Å². The van der Waals surface area contributed by atoms with Crippen molar-refractivity contribution in [2.24, 2.45) is 0 Å². The second-order valence-electron chi connectivity index (χ2n) is 6.97. The highest BCUT2D eigenvalue weighted by Crippen LogP contribution is 2.22. The molecule has 0 saturated carbocycles. The van der Waals surface area contributed by atoms with Crippen LogP contribution in [-0.4, -0.2) is 83.1 Å². The molecule has 1 saturated heterocycles. The van der Waals surface area contributed by atoms with Crippen LogP contribution in [0.25, 0.3) is 0 Å². The molecule has 1 N–H and O–H groups in total. The summed E-state index contributed by atoms with van der Waals surface area (Å²) < 4.78 is 52.2. The average molecular weight is 473 g/mol. The summed E-state index contributed by atoms with van der Waals surface area (Å²) >= 11 is 1.19. The minimum absolute atomic E-state index is 0.130. The van der Waals surface area contributed by atoms with Crippen molar-refractivity contribution in [2.75, 3.05) is 52.1 Å². The maximum Gasteiger partial charge on any atom is 0.252 e. The first kappa shape index (κ1) is 22.8. The predicted molar refractivity (Wildman–Crippen MR) is 115 cm³/mol. The van der Waals surface area contributed by atoms with Crippen LogP contribution in [0.2, 0.25) is 0 Å². The number of nitrogens with zero attached hydrogens (tertiary/aromatic N) is 3. The van der Waals surface area contributed by atoms with E-state index in [-0.39, 0.29) is 17.3 Å². The summed E-state index contributed by atoms with van der Waals surface area (Å²) in [4.78, 5) is 14.4. The fourth-order valence-corrected chi connectivity index (χ4v) is 6.46. The number of hydrogen-bond donors (Lipinski definition) is 1. The minimum atomic E-state index is -3.52. The van der Waals surface area contributed by atoms with Gasteiger partial charge in [-0.2, -0.15) is 4.31 Å². The van der Waals surface area contributed by atoms with Gasteiger partial charge in [-0.15, -0.1) is 11.3 Å². The second kappa shape index (κ2) is 9.12. The lowest BCUT2D eigenvalue weighted by atomic mass is 10.3. The number of nitrogens with one attached hydrogen (secondary N) is 1. The van der Waals surface area contributed by atoms with E-state index in [2.05, 4.69) is 5.32 Å². The summed E-state index contributed by atoms with van der Waals surface area (Å²) in [5.41, 5.74) is 0.497. The summed E-state index contributed by atoms with van der Waals surface area (Å²) in [6.07, 6.45) is 0. The molecule has 9 nitrogen and oxygen atoms in total. The van der Waals surface area contributed by atoms with Gasteiger partial charge in [0.1, 0.15) is 4.21 Å². The molecule has 1 aromatic carbocycles. The van der Waals surface area contributed by atoms with Crippen molar-refractivity contribution >= 4 is 43.0 Å². The van der Waals surface area contributed by atoms with E-state index in [1.807, 2.05) is 4.90 Å². The summed E-state index contributed by atoms with van der Waals surface area (Å²) in [6, 6.07) is 9.27. The van der Waals surface area contributed by atoms with Crippen LogP contribution in [0, 0.1) is 0 Å². The van der Waals surface area contributed by atoms with Gasteiger partial charge in [-0.05, 0) is 35.7 Å². The highest BCUT2D eigenvalue weighted by atomic mass is 32.2. The van der Waals surface area contributed by atoms with Gasteiger partial charge in [0.2, 0.25) is 15.9 Å². The van der Waals surface area contributed by atoms with Crippen molar-refractivity contribution in [3.05, 3.63) is 41.8 Å². The van der Waals surface area contributed by atoms with Gasteiger partial charge < -0.3 is 5.32 Å². The Morgan fingerprint density at radius 2 is 1.67 bits per heavy atom. The van der Waals surface area contributed by atoms with Crippen molar-refractivity contribution in [3.63, 3.8) is 0 Å². The van der Waals surface area contributed by atoms with E-state index < -0.39 is 20.0 Å². The van der Waals surface area contributed by atoms with E-state index in [0.29, 0.717) is 36.1 Å². The number of amides is 1. The largest absolute Gasteiger partial charge is 0.325 e. The molecule has 1 amide bonds. The van der Waals surface area contributed by atoms with Crippen molar-refractivity contribution in [1.82, 2.24) is 13.5 Å². The Balaban J connectivity index is 1.52. The summed E-state index contributed by atoms with van der Waals surface area (Å²) in [5.74, 6) is -0.243. The van der Waals surface area contributed by atoms with Crippen molar-refractivity contribution in [1.29, 1.82) is 0 Å². The third kappa shape index (κ3) is 5.07. The second-order valence-corrected chi connectivity index (χ2v) is 12.2. The molecule has 0 spiro atoms. The van der Waals surface area contributed by atoms with E-state index in [1.165, 1.54) is 41.9 Å². The number of carbonyl (C=O) groups is 1. The molecule has 2 heterocycles. The summed E-state index contributed by atoms with van der Waals surface area (Å²) in [5, 5.41) is 4.47. The molecule has 164 valence electrons. The maximum absolute atomic E-state index is 12.6. The molecular formula is C18H24N4O5S3. The molecule has 1 aliphatic heterocycles. The standard InChI is InChI=1S/C18H24N4O5S3/c1-20(2)29(24,25)16-7-5-15(6-8-16)19-17(23)14-21-9-11-22(12-10-21)30(26,27)18-4-3-13-28-18/h3-8,13H,9-12,14H2,1-2H3,(H,19,23). The zero-order chi connectivity index (χ0) is 21.9. The molecule has 1 aromatic heterocycles. The number of rotatable bonds is 7. The smallest absolute Gasteiger partial charge is 0.252 e. The van der Waals surface area contributed by atoms with E-state index in [0.717, 1.165) is 4.31 Å². The SMILES string of the molecule is CN(C)S(=O)(=O)c1ccc(NC(=O)CN2CCN(S(=O)(=O)c3cccs3)CC2)cc1. The highest BCUT2D eigenvalue weighted by Gasteiger charge is 2.29. The molecule has 0 bridgehead atoms. The molecule has 0 radical (unpaired) electrons. The zero-order valence-corrected chi connectivity index (χ0v) is 19.1. The Kier molecular flexibility index (Phi) is 6.95. The summed E-state index contributed by atoms with van der Waals surface area (Å²) in [6.45, 7) is 1.69. The predicted octanol–water partition coefficient (Wildman–Crippen LogP) is 0.943. The van der Waals surface area contributed by atoms with Gasteiger partial charge in [-0.3, -0.25) is 9.69 Å². The first-order chi connectivity index (χ1) is 14.1. The Labute approximate surface area is 181 Å². The fraction of sp³-hybridized carbons (Fsp3) is 0.389. The lowest BCUT2D eigenvalue weighted by Gasteiger charge is -2.33. The number of sulfonamides is 2. The molecular weight excluding hydrogens is 448 g/mol. The van der Waals surface area contributed by atoms with Crippen molar-refractivity contribution < 1.29 is 21.6 Å². The Morgan fingerprint density at radius 3 is 2.20 bits per heavy atom. The van der Waals surface area contributed by atoms with Gasteiger partial charge in [-0.1, -0.05) is 6.07 Å². The van der Waals surface area contributed by atoms with E-state index >= 15 is 0 Å². The average Bonchev–Trinajstić information content (AvgIpc) is 3.24. The number of piperazine rings is 1. The molecule has 1 aliphatic rings. The highest BCUT2D eigenvalue weighted by molar-refractivity contribution is 7.91. The lowest BCUT2D eigenvalue weighted by Crippen LogP contribution is -2.50. The maximum atomic E-state index is 12.6. The van der Waals surface area contributed by atoms with Crippen LogP contribution >= 0.6 is 11.3 Å². The van der Waals surface area contributed by atoms with Gasteiger partial charge in [0.25, 0.3) is 10.0 Å². The van der Waals surface area contributed by atoms with Crippen molar-refractivity contribution in [2.45, 2.75) is 9.10 Å². The number of thiophene rings is 1. The van der Waals surface area contributed by atoms with Crippen LogP contribution in [0.3, 0.4) is 0 Å². The van der Waals surface area contributed by atoms with Crippen molar-refractivity contribution in [3.8, 4) is 0 Å². The molecule has 2 aromatic rings. The molecule has 1 fully saturated rings. The first-order valence-electron chi connectivity index (χ1n) is 9.19. The number of carbonyl (C=O) groups excluding carboxylic acids is 1. The van der Waals surface area contributed by atoms with Gasteiger partial charge in [0, 0.05) is 46.0 Å². The zero-order valence-electron chi connectivity index (χ0n) is 16.7. The number of benzene rings is 1. The van der Waals surface area contributed by atoms with Gasteiger partial charge in [0.05, 0.1) is 11.4 Å². The van der Waals surface area contributed by atoms with Crippen LogP contribution in [-0.2, 0) is 24.8 Å². The molecule has 0 unspecified atom stereocenters. The normalized spacial score (nSPS) is 16.6. The van der Waals surface area contributed by atoms with Gasteiger partial charge >= 0.3 is 0 Å². The van der Waals surface area contributed by atoms with E-state index in [1.54, 1.807) is 29.6 Å². The summed E-state index contributed by atoms with van der Waals surface area (Å²) in [7, 11) is -4.08. The first-order valence-corrected chi connectivity index (χ1v) is 12.9. The monoisotopic (exact) mass is 472 g/mol. The molecule has 30 heavy (non-hydrogen) atoms. The molecule has 0 atom stereocenters. The van der Waals surface area contributed by atoms with E-state index in [4.69, 9.17) is 0 Å². The van der Waals surface area contributed by atoms with Crippen LogP contribution in [0.5, 0.6) is 0 Å². The Bertz CT molecular complexity index is 1070. The third-order valence-corrected chi connectivity index (χ3v) is 9.81. The molecule has 3 rings (SSSR count). The molecule has 12 heteroatoms. The van der Waals surface area contributed by atoms with Crippen LogP contribution < -0.4 is 5.32 Å². The van der Waals surface area contributed by atoms with Gasteiger partial charge in [-0.25, -0.2) is 21.1 Å². The molecule has 0 aliphatic carbocycles. The Hall–Kier alpha value is -1.83.